The molecular formula is C29H35NO7. The molecule has 0 bridgehead atoms. The molecule has 37 heavy (non-hydrogen) atoms. The molecule has 0 aromatic heterocycles. The Morgan fingerprint density at radius 1 is 0.892 bits per heavy atom. The number of nitrogens with zero attached hydrogens (tertiary/aromatic N) is 1. The summed E-state index contributed by atoms with van der Waals surface area (Å²) in [5, 5.41) is 17.4. The average Bonchev–Trinajstić information content (AvgIpc) is 2.94. The molecule has 1 aliphatic rings. The second kappa shape index (κ2) is 13.0. The van der Waals surface area contributed by atoms with Crippen LogP contribution in [0, 0.1) is 0 Å². The van der Waals surface area contributed by atoms with Gasteiger partial charge in [-0.25, -0.2) is 4.79 Å². The maximum atomic E-state index is 10.2. The summed E-state index contributed by atoms with van der Waals surface area (Å²) in [7, 11) is 8.86. The van der Waals surface area contributed by atoms with Crippen molar-refractivity contribution in [3.05, 3.63) is 82.9 Å². The highest BCUT2D eigenvalue weighted by molar-refractivity contribution is 5.73. The first-order valence-electron chi connectivity index (χ1n) is 11.9. The number of likely N-dealkylation sites (N-methyl/N-ethyl adjacent to an activating group) is 1. The van der Waals surface area contributed by atoms with Crippen LogP contribution < -0.4 is 18.9 Å². The Balaban J connectivity index is 0.000000289. The van der Waals surface area contributed by atoms with Crippen LogP contribution >= 0.6 is 0 Å². The third-order valence-corrected chi connectivity index (χ3v) is 6.50. The van der Waals surface area contributed by atoms with Crippen LogP contribution in [0.1, 0.15) is 34.4 Å². The number of fused-ring (bicyclic) bond motifs is 1. The number of carboxylic acids is 1. The average molecular weight is 510 g/mol. The predicted octanol–water partition coefficient (Wildman–Crippen LogP) is 4.30. The number of carbonyl (C=O) groups is 1. The zero-order valence-electron chi connectivity index (χ0n) is 21.9. The predicted molar refractivity (Wildman–Crippen MR) is 141 cm³/mol. The quantitative estimate of drug-likeness (QED) is 0.464. The van der Waals surface area contributed by atoms with E-state index < -0.39 is 12.1 Å². The third kappa shape index (κ3) is 6.72. The van der Waals surface area contributed by atoms with E-state index in [-0.39, 0.29) is 6.04 Å². The van der Waals surface area contributed by atoms with Crippen molar-refractivity contribution in [2.45, 2.75) is 25.0 Å². The van der Waals surface area contributed by atoms with Gasteiger partial charge in [-0.15, -0.1) is 0 Å². The smallest absolute Gasteiger partial charge is 0.337 e. The lowest BCUT2D eigenvalue weighted by Crippen LogP contribution is -2.33. The van der Waals surface area contributed by atoms with Gasteiger partial charge in [-0.2, -0.15) is 0 Å². The monoisotopic (exact) mass is 509 g/mol. The van der Waals surface area contributed by atoms with Crippen molar-refractivity contribution < 1.29 is 34.0 Å². The molecule has 2 atom stereocenters. The van der Waals surface area contributed by atoms with Gasteiger partial charge in [0.05, 0.1) is 28.4 Å². The number of aliphatic carboxylic acids is 1. The summed E-state index contributed by atoms with van der Waals surface area (Å²) in [6.07, 6.45) is 0.490. The van der Waals surface area contributed by atoms with E-state index >= 15 is 0 Å². The summed E-state index contributed by atoms with van der Waals surface area (Å²) in [6, 6.07) is 18.9. The third-order valence-electron chi connectivity index (χ3n) is 6.50. The Bertz CT molecular complexity index is 1180. The Kier molecular flexibility index (Phi) is 9.77. The van der Waals surface area contributed by atoms with E-state index in [1.807, 2.05) is 6.07 Å². The number of methoxy groups -OCH3 is 4. The molecule has 8 heteroatoms. The lowest BCUT2D eigenvalue weighted by molar-refractivity contribution is -0.146. The highest BCUT2D eigenvalue weighted by Gasteiger charge is 2.27. The zero-order valence-corrected chi connectivity index (χ0v) is 21.9. The number of aliphatic hydroxyl groups is 1. The fourth-order valence-electron chi connectivity index (χ4n) is 4.43. The van der Waals surface area contributed by atoms with Crippen LogP contribution in [0.2, 0.25) is 0 Å². The molecule has 4 rings (SSSR count). The first-order valence-corrected chi connectivity index (χ1v) is 11.9. The van der Waals surface area contributed by atoms with Crippen molar-refractivity contribution in [1.82, 2.24) is 4.90 Å². The Morgan fingerprint density at radius 2 is 1.49 bits per heavy atom. The molecule has 0 saturated heterocycles. The van der Waals surface area contributed by atoms with Crippen LogP contribution in [0.4, 0.5) is 0 Å². The van der Waals surface area contributed by atoms with E-state index in [1.165, 1.54) is 16.7 Å². The van der Waals surface area contributed by atoms with Gasteiger partial charge >= 0.3 is 5.97 Å². The van der Waals surface area contributed by atoms with Crippen LogP contribution in [0.15, 0.2) is 60.7 Å². The van der Waals surface area contributed by atoms with Gasteiger partial charge in [-0.05, 0) is 66.4 Å². The van der Waals surface area contributed by atoms with Crippen molar-refractivity contribution in [2.75, 3.05) is 42.0 Å². The standard InChI is InChI=1S/C21H27NO4.C8H8O3/c1-22-9-8-15-12-20(25-4)21(26-5)13-16(15)17(22)10-14-6-7-18(23-2)19(11-14)24-3;9-7(8(10)11)6-4-2-1-3-5-6/h6-7,11-13,17H,8-10H2,1-5H3;1-5,7,9H,(H,10,11)/t17-;7-/m00/s1. The molecule has 3 aromatic rings. The highest BCUT2D eigenvalue weighted by Crippen LogP contribution is 2.39. The molecule has 1 heterocycles. The minimum atomic E-state index is -1.41. The van der Waals surface area contributed by atoms with E-state index in [0.29, 0.717) is 5.56 Å². The summed E-state index contributed by atoms with van der Waals surface area (Å²) in [5.41, 5.74) is 4.24. The lowest BCUT2D eigenvalue weighted by Gasteiger charge is -2.35. The van der Waals surface area contributed by atoms with Gasteiger partial charge in [-0.3, -0.25) is 4.90 Å². The number of hydrogen-bond donors (Lipinski definition) is 2. The number of aliphatic hydroxyl groups excluding tert-OH is 1. The van der Waals surface area contributed by atoms with Crippen molar-refractivity contribution in [2.24, 2.45) is 0 Å². The minimum absolute atomic E-state index is 0.275. The molecule has 3 aromatic carbocycles. The number of benzene rings is 3. The van der Waals surface area contributed by atoms with Crippen LogP contribution in [0.5, 0.6) is 23.0 Å². The largest absolute Gasteiger partial charge is 0.493 e. The molecule has 198 valence electrons. The van der Waals surface area contributed by atoms with Gasteiger partial charge in [-0.1, -0.05) is 36.4 Å². The molecule has 0 radical (unpaired) electrons. The molecule has 2 N–H and O–H groups in total. The summed E-state index contributed by atoms with van der Waals surface area (Å²) in [6.45, 7) is 1.01. The fraction of sp³-hybridized carbons (Fsp3) is 0.345. The summed E-state index contributed by atoms with van der Waals surface area (Å²) in [4.78, 5) is 12.6. The topological polar surface area (TPSA) is 97.7 Å². The minimum Gasteiger partial charge on any atom is -0.493 e. The van der Waals surface area contributed by atoms with Crippen LogP contribution in [-0.4, -0.2) is 63.1 Å². The molecule has 0 fully saturated rings. The van der Waals surface area contributed by atoms with Crippen molar-refractivity contribution >= 4 is 5.97 Å². The molecule has 0 aliphatic carbocycles. The van der Waals surface area contributed by atoms with Crippen LogP contribution in [0.25, 0.3) is 0 Å². The van der Waals surface area contributed by atoms with E-state index in [1.54, 1.807) is 58.8 Å². The van der Waals surface area contributed by atoms with Crippen molar-refractivity contribution in [1.29, 1.82) is 0 Å². The Morgan fingerprint density at radius 3 is 2.08 bits per heavy atom. The van der Waals surface area contributed by atoms with Gasteiger partial charge < -0.3 is 29.2 Å². The Hall–Kier alpha value is -3.75. The van der Waals surface area contributed by atoms with Gasteiger partial charge in [0, 0.05) is 12.6 Å². The molecular weight excluding hydrogens is 474 g/mol. The molecule has 0 spiro atoms. The maximum Gasteiger partial charge on any atom is 0.337 e. The fourth-order valence-corrected chi connectivity index (χ4v) is 4.43. The number of carboxylic acid groups (broad SMARTS) is 1. The lowest BCUT2D eigenvalue weighted by atomic mass is 9.88. The molecule has 1 aliphatic heterocycles. The maximum absolute atomic E-state index is 10.2. The SMILES string of the molecule is COc1ccc(C[C@H]2c3cc(OC)c(OC)cc3CCN2C)cc1OC.O=C(O)[C@@H](O)c1ccccc1. The number of hydrogen-bond acceptors (Lipinski definition) is 7. The molecule has 0 saturated carbocycles. The first-order chi connectivity index (χ1) is 17.8. The highest BCUT2D eigenvalue weighted by atomic mass is 16.5. The van der Waals surface area contributed by atoms with Crippen molar-refractivity contribution in [3.8, 4) is 23.0 Å². The van der Waals surface area contributed by atoms with Gasteiger partial charge in [0.25, 0.3) is 0 Å². The van der Waals surface area contributed by atoms with Crippen LogP contribution in [-0.2, 0) is 17.6 Å². The number of rotatable bonds is 8. The van der Waals surface area contributed by atoms with Crippen molar-refractivity contribution in [3.63, 3.8) is 0 Å². The van der Waals surface area contributed by atoms with Gasteiger partial charge in [0.2, 0.25) is 0 Å². The van der Waals surface area contributed by atoms with E-state index in [0.717, 1.165) is 42.4 Å². The second-order valence-corrected chi connectivity index (χ2v) is 8.70. The normalized spacial score (nSPS) is 15.5. The van der Waals surface area contributed by atoms with Gasteiger partial charge in [0.15, 0.2) is 29.1 Å². The zero-order chi connectivity index (χ0) is 26.9. The van der Waals surface area contributed by atoms with E-state index in [4.69, 9.17) is 29.2 Å². The molecule has 0 unspecified atom stereocenters. The second-order valence-electron chi connectivity index (χ2n) is 8.70. The van der Waals surface area contributed by atoms with Gasteiger partial charge in [0.1, 0.15) is 0 Å². The van der Waals surface area contributed by atoms with Crippen LogP contribution in [0.3, 0.4) is 0 Å². The summed E-state index contributed by atoms with van der Waals surface area (Å²) in [5.74, 6) is 1.85. The Labute approximate surface area is 218 Å². The number of ether oxygens (including phenoxy) is 4. The first kappa shape index (κ1) is 27.8. The van der Waals surface area contributed by atoms with E-state index in [9.17, 15) is 4.79 Å². The van der Waals surface area contributed by atoms with E-state index in [2.05, 4.69) is 36.2 Å². The molecule has 0 amide bonds. The summed E-state index contributed by atoms with van der Waals surface area (Å²) >= 11 is 0. The molecule has 8 nitrogen and oxygen atoms in total. The summed E-state index contributed by atoms with van der Waals surface area (Å²) < 4.78 is 21.8.